The summed E-state index contributed by atoms with van der Waals surface area (Å²) >= 11 is 3.42. The first-order valence-electron chi connectivity index (χ1n) is 6.04. The summed E-state index contributed by atoms with van der Waals surface area (Å²) in [6.07, 6.45) is 0. The predicted octanol–water partition coefficient (Wildman–Crippen LogP) is 2.84. The third kappa shape index (κ3) is 3.36. The Bertz CT molecular complexity index is 618. The molecule has 1 aromatic heterocycles. The SMILES string of the molecule is CNc1nc(Oc2cc(Br)ccc2C)nc(N(C)C)n1. The number of aromatic nitrogens is 3. The summed E-state index contributed by atoms with van der Waals surface area (Å²) in [5.41, 5.74) is 1.01. The predicted molar refractivity (Wildman–Crippen MR) is 82.7 cm³/mol. The van der Waals surface area contributed by atoms with Crippen molar-refractivity contribution >= 4 is 27.8 Å². The molecular weight excluding hydrogens is 322 g/mol. The van der Waals surface area contributed by atoms with Gasteiger partial charge in [-0.15, -0.1) is 0 Å². The van der Waals surface area contributed by atoms with Gasteiger partial charge in [0.1, 0.15) is 5.75 Å². The molecule has 0 fully saturated rings. The van der Waals surface area contributed by atoms with E-state index in [0.29, 0.717) is 17.6 Å². The molecule has 106 valence electrons. The highest BCUT2D eigenvalue weighted by molar-refractivity contribution is 9.10. The van der Waals surface area contributed by atoms with Crippen LogP contribution in [0.15, 0.2) is 22.7 Å². The number of halogens is 1. The van der Waals surface area contributed by atoms with E-state index in [9.17, 15) is 0 Å². The van der Waals surface area contributed by atoms with Gasteiger partial charge < -0.3 is 15.0 Å². The molecule has 0 spiro atoms. The van der Waals surface area contributed by atoms with E-state index in [1.807, 2.05) is 39.2 Å². The molecule has 0 bridgehead atoms. The molecule has 2 rings (SSSR count). The highest BCUT2D eigenvalue weighted by atomic mass is 79.9. The van der Waals surface area contributed by atoms with Crippen LogP contribution in [0.25, 0.3) is 0 Å². The average Bonchev–Trinajstić information content (AvgIpc) is 2.42. The fraction of sp³-hybridized carbons (Fsp3) is 0.308. The molecule has 0 atom stereocenters. The van der Waals surface area contributed by atoms with E-state index < -0.39 is 0 Å². The summed E-state index contributed by atoms with van der Waals surface area (Å²) in [7, 11) is 5.48. The number of rotatable bonds is 4. The smallest absolute Gasteiger partial charge is 0.328 e. The third-order valence-electron chi connectivity index (χ3n) is 2.58. The molecule has 0 radical (unpaired) electrons. The van der Waals surface area contributed by atoms with Crippen molar-refractivity contribution in [3.8, 4) is 11.8 Å². The minimum atomic E-state index is 0.259. The van der Waals surface area contributed by atoms with E-state index in [1.54, 1.807) is 11.9 Å². The number of aryl methyl sites for hydroxylation is 1. The van der Waals surface area contributed by atoms with Gasteiger partial charge in [-0.05, 0) is 24.6 Å². The van der Waals surface area contributed by atoms with Crippen molar-refractivity contribution in [1.29, 1.82) is 0 Å². The number of hydrogen-bond donors (Lipinski definition) is 1. The highest BCUT2D eigenvalue weighted by Crippen LogP contribution is 2.27. The molecular formula is C13H16BrN5O. The molecule has 20 heavy (non-hydrogen) atoms. The van der Waals surface area contributed by atoms with Crippen molar-refractivity contribution in [1.82, 2.24) is 15.0 Å². The molecule has 0 aliphatic carbocycles. The molecule has 0 amide bonds. The fourth-order valence-corrected chi connectivity index (χ4v) is 1.83. The second-order valence-electron chi connectivity index (χ2n) is 4.40. The van der Waals surface area contributed by atoms with Crippen molar-refractivity contribution in [2.45, 2.75) is 6.92 Å². The van der Waals surface area contributed by atoms with Crippen LogP contribution >= 0.6 is 15.9 Å². The molecule has 1 heterocycles. The van der Waals surface area contributed by atoms with Gasteiger partial charge in [-0.3, -0.25) is 0 Å². The fourth-order valence-electron chi connectivity index (χ4n) is 1.49. The molecule has 0 saturated heterocycles. The maximum atomic E-state index is 5.76. The third-order valence-corrected chi connectivity index (χ3v) is 3.07. The quantitative estimate of drug-likeness (QED) is 0.925. The number of nitrogens with one attached hydrogen (secondary N) is 1. The first kappa shape index (κ1) is 14.5. The van der Waals surface area contributed by atoms with Crippen LogP contribution in [0.4, 0.5) is 11.9 Å². The summed E-state index contributed by atoms with van der Waals surface area (Å²) in [6, 6.07) is 6.06. The van der Waals surface area contributed by atoms with Crippen LogP contribution in [0.5, 0.6) is 11.8 Å². The maximum Gasteiger partial charge on any atom is 0.328 e. The van der Waals surface area contributed by atoms with Gasteiger partial charge in [0.05, 0.1) is 0 Å². The zero-order valence-electron chi connectivity index (χ0n) is 11.8. The zero-order chi connectivity index (χ0) is 14.7. The lowest BCUT2D eigenvalue weighted by atomic mass is 10.2. The maximum absolute atomic E-state index is 5.76. The Morgan fingerprint density at radius 2 is 1.95 bits per heavy atom. The van der Waals surface area contributed by atoms with Crippen LogP contribution in [-0.2, 0) is 0 Å². The Morgan fingerprint density at radius 3 is 2.60 bits per heavy atom. The molecule has 0 unspecified atom stereocenters. The molecule has 1 aromatic carbocycles. The van der Waals surface area contributed by atoms with Gasteiger partial charge in [-0.25, -0.2) is 0 Å². The van der Waals surface area contributed by atoms with Crippen LogP contribution in [0, 0.1) is 6.92 Å². The lowest BCUT2D eigenvalue weighted by Crippen LogP contribution is -2.15. The van der Waals surface area contributed by atoms with Gasteiger partial charge in [0, 0.05) is 25.6 Å². The summed E-state index contributed by atoms with van der Waals surface area (Å²) in [5.74, 6) is 1.70. The van der Waals surface area contributed by atoms with Crippen molar-refractivity contribution in [3.05, 3.63) is 28.2 Å². The molecule has 0 aliphatic heterocycles. The topological polar surface area (TPSA) is 63.2 Å². The van der Waals surface area contributed by atoms with Gasteiger partial charge in [0.15, 0.2) is 0 Å². The van der Waals surface area contributed by atoms with Crippen LogP contribution in [0.2, 0.25) is 0 Å². The molecule has 1 N–H and O–H groups in total. The largest absolute Gasteiger partial charge is 0.424 e. The van der Waals surface area contributed by atoms with Gasteiger partial charge in [0.25, 0.3) is 0 Å². The van der Waals surface area contributed by atoms with Gasteiger partial charge in [-0.1, -0.05) is 22.0 Å². The Kier molecular flexibility index (Phi) is 4.39. The molecule has 0 aliphatic rings. The Morgan fingerprint density at radius 1 is 1.20 bits per heavy atom. The van der Waals surface area contributed by atoms with E-state index >= 15 is 0 Å². The van der Waals surface area contributed by atoms with Crippen molar-refractivity contribution < 1.29 is 4.74 Å². The summed E-state index contributed by atoms with van der Waals surface area (Å²) in [4.78, 5) is 14.5. The molecule has 0 saturated carbocycles. The van der Waals surface area contributed by atoms with Gasteiger partial charge in [0.2, 0.25) is 11.9 Å². The molecule has 7 heteroatoms. The van der Waals surface area contributed by atoms with Crippen LogP contribution < -0.4 is 15.0 Å². The van der Waals surface area contributed by atoms with E-state index in [2.05, 4.69) is 36.2 Å². The average molecular weight is 338 g/mol. The number of benzene rings is 1. The lowest BCUT2D eigenvalue weighted by molar-refractivity contribution is 0.437. The summed E-state index contributed by atoms with van der Waals surface area (Å²) < 4.78 is 6.70. The number of nitrogens with zero attached hydrogens (tertiary/aromatic N) is 4. The second kappa shape index (κ2) is 6.04. The second-order valence-corrected chi connectivity index (χ2v) is 5.31. The van der Waals surface area contributed by atoms with E-state index in [1.165, 1.54) is 0 Å². The van der Waals surface area contributed by atoms with Crippen molar-refractivity contribution in [2.24, 2.45) is 0 Å². The first-order valence-corrected chi connectivity index (χ1v) is 6.84. The Hall–Kier alpha value is -1.89. The lowest BCUT2D eigenvalue weighted by Gasteiger charge is -2.13. The Labute approximate surface area is 126 Å². The molecule has 2 aromatic rings. The minimum absolute atomic E-state index is 0.259. The first-order chi connectivity index (χ1) is 9.49. The van der Waals surface area contributed by atoms with Crippen molar-refractivity contribution in [3.63, 3.8) is 0 Å². The Balaban J connectivity index is 2.37. The monoisotopic (exact) mass is 337 g/mol. The summed E-state index contributed by atoms with van der Waals surface area (Å²) in [6.45, 7) is 1.97. The van der Waals surface area contributed by atoms with Gasteiger partial charge >= 0.3 is 6.01 Å². The van der Waals surface area contributed by atoms with E-state index in [4.69, 9.17) is 4.74 Å². The van der Waals surface area contributed by atoms with E-state index in [-0.39, 0.29) is 6.01 Å². The van der Waals surface area contributed by atoms with Crippen LogP contribution in [0.3, 0.4) is 0 Å². The van der Waals surface area contributed by atoms with Crippen LogP contribution in [0.1, 0.15) is 5.56 Å². The van der Waals surface area contributed by atoms with Gasteiger partial charge in [-0.2, -0.15) is 15.0 Å². The minimum Gasteiger partial charge on any atom is -0.424 e. The number of ether oxygens (including phenoxy) is 1. The number of anilines is 2. The summed E-state index contributed by atoms with van der Waals surface area (Å²) in [5, 5.41) is 2.90. The standard InChI is InChI=1S/C13H16BrN5O/c1-8-5-6-9(14)7-10(8)20-13-17-11(15-2)16-12(18-13)19(3)4/h5-7H,1-4H3,(H,15,16,17,18). The number of hydrogen-bond acceptors (Lipinski definition) is 6. The normalized spacial score (nSPS) is 10.2. The molecule has 6 nitrogen and oxygen atoms in total. The van der Waals surface area contributed by atoms with Crippen molar-refractivity contribution in [2.75, 3.05) is 31.4 Å². The highest BCUT2D eigenvalue weighted by Gasteiger charge is 2.10. The van der Waals surface area contributed by atoms with Crippen LogP contribution in [-0.4, -0.2) is 36.1 Å². The zero-order valence-corrected chi connectivity index (χ0v) is 13.4. The van der Waals surface area contributed by atoms with E-state index in [0.717, 1.165) is 10.0 Å².